The number of anilines is 1. The molecule has 1 rings (SSSR count). The molecule has 0 aliphatic heterocycles. The monoisotopic (exact) mass is 207 g/mol. The van der Waals surface area contributed by atoms with Gasteiger partial charge in [0.25, 0.3) is 0 Å². The first-order valence-electron chi connectivity index (χ1n) is 5.38. The van der Waals surface area contributed by atoms with E-state index >= 15 is 0 Å². The van der Waals surface area contributed by atoms with Gasteiger partial charge in [0.2, 0.25) is 0 Å². The van der Waals surface area contributed by atoms with Crippen LogP contribution < -0.4 is 5.73 Å². The standard InChI is InChI=1S/C12H21N3/c1-7(2)9-8(3)14-10(11(13)15-9)12(4,5)6/h7H,1-6H3,(H2,13,15). The summed E-state index contributed by atoms with van der Waals surface area (Å²) in [6, 6.07) is 0. The smallest absolute Gasteiger partial charge is 0.146 e. The molecule has 1 heterocycles. The van der Waals surface area contributed by atoms with Crippen LogP contribution in [0.25, 0.3) is 0 Å². The number of aryl methyl sites for hydroxylation is 1. The highest BCUT2D eigenvalue weighted by molar-refractivity contribution is 5.41. The summed E-state index contributed by atoms with van der Waals surface area (Å²) in [7, 11) is 0. The van der Waals surface area contributed by atoms with Crippen LogP contribution in [0.15, 0.2) is 0 Å². The molecule has 0 fully saturated rings. The fraction of sp³-hybridized carbons (Fsp3) is 0.667. The minimum atomic E-state index is -0.0443. The van der Waals surface area contributed by atoms with E-state index in [9.17, 15) is 0 Å². The number of nitrogens with zero attached hydrogens (tertiary/aromatic N) is 2. The number of hydrogen-bond donors (Lipinski definition) is 1. The Morgan fingerprint density at radius 2 is 1.67 bits per heavy atom. The van der Waals surface area contributed by atoms with Crippen molar-refractivity contribution in [1.29, 1.82) is 0 Å². The molecule has 84 valence electrons. The van der Waals surface area contributed by atoms with Crippen LogP contribution in [0.3, 0.4) is 0 Å². The van der Waals surface area contributed by atoms with Crippen LogP contribution in [-0.2, 0) is 5.41 Å². The van der Waals surface area contributed by atoms with E-state index in [0.717, 1.165) is 17.1 Å². The molecule has 3 heteroatoms. The topological polar surface area (TPSA) is 51.8 Å². The minimum Gasteiger partial charge on any atom is -0.382 e. The molecule has 0 saturated carbocycles. The summed E-state index contributed by atoms with van der Waals surface area (Å²) in [6.07, 6.45) is 0. The highest BCUT2D eigenvalue weighted by atomic mass is 14.9. The molecule has 3 nitrogen and oxygen atoms in total. The molecular formula is C12H21N3. The van der Waals surface area contributed by atoms with Crippen LogP contribution >= 0.6 is 0 Å². The third-order valence-electron chi connectivity index (χ3n) is 2.39. The lowest BCUT2D eigenvalue weighted by Gasteiger charge is -2.21. The van der Waals surface area contributed by atoms with Crippen molar-refractivity contribution in [2.45, 2.75) is 52.9 Å². The van der Waals surface area contributed by atoms with Gasteiger partial charge in [0.05, 0.1) is 17.1 Å². The number of nitrogens with two attached hydrogens (primary N) is 1. The van der Waals surface area contributed by atoms with Gasteiger partial charge >= 0.3 is 0 Å². The van der Waals surface area contributed by atoms with E-state index in [0.29, 0.717) is 11.7 Å². The molecule has 0 unspecified atom stereocenters. The second-order valence-electron chi connectivity index (χ2n) is 5.33. The van der Waals surface area contributed by atoms with Gasteiger partial charge in [-0.1, -0.05) is 34.6 Å². The Balaban J connectivity index is 3.32. The normalized spacial score (nSPS) is 12.2. The molecule has 0 aliphatic carbocycles. The molecule has 0 aliphatic rings. The molecule has 0 radical (unpaired) electrons. The fourth-order valence-electron chi connectivity index (χ4n) is 1.64. The first-order valence-corrected chi connectivity index (χ1v) is 5.38. The number of rotatable bonds is 1. The second kappa shape index (κ2) is 3.80. The fourth-order valence-corrected chi connectivity index (χ4v) is 1.64. The van der Waals surface area contributed by atoms with Crippen LogP contribution in [0.1, 0.15) is 57.6 Å². The molecule has 1 aromatic heterocycles. The Morgan fingerprint density at radius 3 is 2.07 bits per heavy atom. The Hall–Kier alpha value is -1.12. The summed E-state index contributed by atoms with van der Waals surface area (Å²) in [4.78, 5) is 9.03. The van der Waals surface area contributed by atoms with Crippen molar-refractivity contribution in [3.05, 3.63) is 17.1 Å². The summed E-state index contributed by atoms with van der Waals surface area (Å²) in [5.41, 5.74) is 8.78. The van der Waals surface area contributed by atoms with Crippen molar-refractivity contribution in [2.24, 2.45) is 0 Å². The molecule has 0 spiro atoms. The van der Waals surface area contributed by atoms with Crippen molar-refractivity contribution in [3.63, 3.8) is 0 Å². The summed E-state index contributed by atoms with van der Waals surface area (Å²) in [6.45, 7) is 12.5. The Kier molecular flexibility index (Phi) is 3.03. The number of hydrogen-bond acceptors (Lipinski definition) is 3. The number of nitrogen functional groups attached to an aromatic ring is 1. The zero-order valence-electron chi connectivity index (χ0n) is 10.5. The van der Waals surface area contributed by atoms with Crippen LogP contribution in [0.4, 0.5) is 5.82 Å². The highest BCUT2D eigenvalue weighted by Crippen LogP contribution is 2.27. The average molecular weight is 207 g/mol. The maximum absolute atomic E-state index is 5.94. The number of aromatic nitrogens is 2. The van der Waals surface area contributed by atoms with Gasteiger partial charge in [-0.3, -0.25) is 4.98 Å². The van der Waals surface area contributed by atoms with E-state index in [1.54, 1.807) is 0 Å². The Labute approximate surface area is 92.1 Å². The lowest BCUT2D eigenvalue weighted by Crippen LogP contribution is -2.19. The van der Waals surface area contributed by atoms with Crippen LogP contribution in [0.5, 0.6) is 0 Å². The van der Waals surface area contributed by atoms with E-state index < -0.39 is 0 Å². The molecule has 15 heavy (non-hydrogen) atoms. The van der Waals surface area contributed by atoms with Crippen LogP contribution in [0, 0.1) is 6.92 Å². The van der Waals surface area contributed by atoms with Gasteiger partial charge < -0.3 is 5.73 Å². The molecule has 1 aromatic rings. The van der Waals surface area contributed by atoms with E-state index in [4.69, 9.17) is 5.73 Å². The van der Waals surface area contributed by atoms with Gasteiger partial charge in [0, 0.05) is 5.41 Å². The van der Waals surface area contributed by atoms with Crippen molar-refractivity contribution < 1.29 is 0 Å². The second-order valence-corrected chi connectivity index (χ2v) is 5.33. The Morgan fingerprint density at radius 1 is 1.13 bits per heavy atom. The lowest BCUT2D eigenvalue weighted by molar-refractivity contribution is 0.563. The van der Waals surface area contributed by atoms with Crippen molar-refractivity contribution in [3.8, 4) is 0 Å². The molecular weight excluding hydrogens is 186 g/mol. The van der Waals surface area contributed by atoms with Crippen LogP contribution in [-0.4, -0.2) is 9.97 Å². The third-order valence-corrected chi connectivity index (χ3v) is 2.39. The zero-order valence-corrected chi connectivity index (χ0v) is 10.5. The minimum absolute atomic E-state index is 0.0443. The summed E-state index contributed by atoms with van der Waals surface area (Å²) < 4.78 is 0. The average Bonchev–Trinajstić information content (AvgIpc) is 2.06. The predicted octanol–water partition coefficient (Wildman–Crippen LogP) is 2.79. The maximum atomic E-state index is 5.94. The molecule has 0 saturated heterocycles. The van der Waals surface area contributed by atoms with Crippen molar-refractivity contribution >= 4 is 5.82 Å². The van der Waals surface area contributed by atoms with E-state index in [1.165, 1.54) is 0 Å². The van der Waals surface area contributed by atoms with E-state index in [-0.39, 0.29) is 5.41 Å². The van der Waals surface area contributed by atoms with Gasteiger partial charge in [-0.05, 0) is 12.8 Å². The molecule has 0 amide bonds. The summed E-state index contributed by atoms with van der Waals surface area (Å²) in [5, 5.41) is 0. The first-order chi connectivity index (χ1) is 6.73. The van der Waals surface area contributed by atoms with Gasteiger partial charge in [-0.25, -0.2) is 4.98 Å². The largest absolute Gasteiger partial charge is 0.382 e. The molecule has 0 bridgehead atoms. The first kappa shape index (κ1) is 12.0. The quantitative estimate of drug-likeness (QED) is 0.770. The molecule has 0 atom stereocenters. The third kappa shape index (κ3) is 2.46. The summed E-state index contributed by atoms with van der Waals surface area (Å²) >= 11 is 0. The van der Waals surface area contributed by atoms with Gasteiger partial charge in [-0.2, -0.15) is 0 Å². The van der Waals surface area contributed by atoms with E-state index in [2.05, 4.69) is 44.6 Å². The summed E-state index contributed by atoms with van der Waals surface area (Å²) in [5.74, 6) is 0.936. The van der Waals surface area contributed by atoms with Gasteiger partial charge in [0.15, 0.2) is 0 Å². The van der Waals surface area contributed by atoms with Crippen molar-refractivity contribution in [1.82, 2.24) is 9.97 Å². The molecule has 0 aromatic carbocycles. The van der Waals surface area contributed by atoms with E-state index in [1.807, 2.05) is 6.92 Å². The highest BCUT2D eigenvalue weighted by Gasteiger charge is 2.21. The van der Waals surface area contributed by atoms with Crippen molar-refractivity contribution in [2.75, 3.05) is 5.73 Å². The predicted molar refractivity (Wildman–Crippen MR) is 64.0 cm³/mol. The van der Waals surface area contributed by atoms with Crippen LogP contribution in [0.2, 0.25) is 0 Å². The zero-order chi connectivity index (χ0) is 11.8. The SMILES string of the molecule is Cc1nc(C(C)(C)C)c(N)nc1C(C)C. The molecule has 2 N–H and O–H groups in total. The lowest BCUT2D eigenvalue weighted by atomic mass is 9.91. The maximum Gasteiger partial charge on any atom is 0.146 e. The van der Waals surface area contributed by atoms with Gasteiger partial charge in [-0.15, -0.1) is 0 Å². The van der Waals surface area contributed by atoms with Gasteiger partial charge in [0.1, 0.15) is 5.82 Å². The Bertz CT molecular complexity index is 362.